The molecule has 5 nitrogen and oxygen atoms in total. The van der Waals surface area contributed by atoms with Gasteiger partial charge in [-0.05, 0) is 43.2 Å². The third-order valence-corrected chi connectivity index (χ3v) is 4.17. The third-order valence-electron chi connectivity index (χ3n) is 4.17. The molecule has 1 aliphatic rings. The van der Waals surface area contributed by atoms with E-state index < -0.39 is 0 Å². The summed E-state index contributed by atoms with van der Waals surface area (Å²) in [7, 11) is 0. The Hall–Kier alpha value is -2.82. The molecule has 24 heavy (non-hydrogen) atoms. The lowest BCUT2D eigenvalue weighted by atomic mass is 10.1. The average molecular weight is 323 g/mol. The molecule has 2 aromatic rings. The van der Waals surface area contributed by atoms with E-state index in [-0.39, 0.29) is 18.0 Å². The maximum atomic E-state index is 12.2. The molecule has 3 rings (SSSR count). The molecule has 3 amide bonds. The number of benzene rings is 2. The van der Waals surface area contributed by atoms with Crippen LogP contribution in [0.25, 0.3) is 0 Å². The van der Waals surface area contributed by atoms with E-state index in [4.69, 9.17) is 0 Å². The highest BCUT2D eigenvalue weighted by Gasteiger charge is 2.31. The molecule has 5 heteroatoms. The van der Waals surface area contributed by atoms with Crippen LogP contribution in [0.4, 0.5) is 16.2 Å². The standard InChI is InChI=1S/C19H21N3O2/c1-13-8-9-14(2)17(10-13)21-19(24)20-15-11-18(23)22(12-15)16-6-4-3-5-7-16/h3-10,15H,11-12H2,1-2H3,(H2,20,21,24)/t15-/m0/s1. The van der Waals surface area contributed by atoms with E-state index in [0.717, 1.165) is 22.5 Å². The van der Waals surface area contributed by atoms with Gasteiger partial charge in [0, 0.05) is 24.3 Å². The maximum absolute atomic E-state index is 12.2. The molecule has 2 aromatic carbocycles. The predicted octanol–water partition coefficient (Wildman–Crippen LogP) is 3.23. The van der Waals surface area contributed by atoms with Crippen LogP contribution in [-0.2, 0) is 4.79 Å². The normalized spacial score (nSPS) is 17.0. The second-order valence-electron chi connectivity index (χ2n) is 6.16. The molecule has 2 N–H and O–H groups in total. The number of hydrogen-bond acceptors (Lipinski definition) is 2. The first kappa shape index (κ1) is 16.1. The van der Waals surface area contributed by atoms with Crippen molar-refractivity contribution in [1.29, 1.82) is 0 Å². The van der Waals surface area contributed by atoms with Gasteiger partial charge in [-0.25, -0.2) is 4.79 Å². The zero-order chi connectivity index (χ0) is 17.1. The fourth-order valence-electron chi connectivity index (χ4n) is 2.88. The highest BCUT2D eigenvalue weighted by atomic mass is 16.2. The number of urea groups is 1. The van der Waals surface area contributed by atoms with Crippen LogP contribution in [0, 0.1) is 13.8 Å². The van der Waals surface area contributed by atoms with Crippen molar-refractivity contribution in [1.82, 2.24) is 5.32 Å². The van der Waals surface area contributed by atoms with Crippen LogP contribution in [0.5, 0.6) is 0 Å². The second kappa shape index (κ2) is 6.74. The Morgan fingerprint density at radius 2 is 1.88 bits per heavy atom. The number of anilines is 2. The number of aryl methyl sites for hydroxylation is 2. The Morgan fingerprint density at radius 1 is 1.12 bits per heavy atom. The zero-order valence-corrected chi connectivity index (χ0v) is 13.9. The van der Waals surface area contributed by atoms with Crippen molar-refractivity contribution in [2.75, 3.05) is 16.8 Å². The topological polar surface area (TPSA) is 61.4 Å². The summed E-state index contributed by atoms with van der Waals surface area (Å²) in [5, 5.41) is 5.76. The van der Waals surface area contributed by atoms with Crippen LogP contribution in [0.2, 0.25) is 0 Å². The Kier molecular flexibility index (Phi) is 4.51. The molecule has 1 saturated heterocycles. The lowest BCUT2D eigenvalue weighted by Gasteiger charge is -2.17. The lowest BCUT2D eigenvalue weighted by Crippen LogP contribution is -2.39. The van der Waals surface area contributed by atoms with Crippen molar-refractivity contribution in [2.45, 2.75) is 26.3 Å². The Morgan fingerprint density at radius 3 is 2.62 bits per heavy atom. The molecule has 0 bridgehead atoms. The van der Waals surface area contributed by atoms with Crippen LogP contribution in [-0.4, -0.2) is 24.5 Å². The van der Waals surface area contributed by atoms with Crippen LogP contribution in [0.3, 0.4) is 0 Å². The number of hydrogen-bond donors (Lipinski definition) is 2. The van der Waals surface area contributed by atoms with Crippen molar-refractivity contribution in [3.8, 4) is 0 Å². The van der Waals surface area contributed by atoms with Crippen molar-refractivity contribution in [3.63, 3.8) is 0 Å². The highest BCUT2D eigenvalue weighted by Crippen LogP contribution is 2.21. The zero-order valence-electron chi connectivity index (χ0n) is 13.9. The molecular formula is C19H21N3O2. The van der Waals surface area contributed by atoms with Gasteiger partial charge in [0.2, 0.25) is 5.91 Å². The minimum absolute atomic E-state index is 0.0261. The van der Waals surface area contributed by atoms with Gasteiger partial charge in [0.15, 0.2) is 0 Å². The van der Waals surface area contributed by atoms with E-state index in [2.05, 4.69) is 10.6 Å². The number of rotatable bonds is 3. The SMILES string of the molecule is Cc1ccc(C)c(NC(=O)N[C@H]2CC(=O)N(c3ccccc3)C2)c1. The quantitative estimate of drug-likeness (QED) is 0.911. The number of para-hydroxylation sites is 1. The highest BCUT2D eigenvalue weighted by molar-refractivity contribution is 5.97. The molecule has 0 aromatic heterocycles. The second-order valence-corrected chi connectivity index (χ2v) is 6.16. The molecule has 1 fully saturated rings. The predicted molar refractivity (Wildman–Crippen MR) is 95.3 cm³/mol. The summed E-state index contributed by atoms with van der Waals surface area (Å²) in [6.07, 6.45) is 0.315. The van der Waals surface area contributed by atoms with E-state index in [1.165, 1.54) is 0 Å². The monoisotopic (exact) mass is 323 g/mol. The fraction of sp³-hybridized carbons (Fsp3) is 0.263. The largest absolute Gasteiger partial charge is 0.333 e. The van der Waals surface area contributed by atoms with E-state index in [1.807, 2.05) is 62.4 Å². The van der Waals surface area contributed by atoms with Crippen LogP contribution in [0.1, 0.15) is 17.5 Å². The van der Waals surface area contributed by atoms with Gasteiger partial charge in [-0.3, -0.25) is 4.79 Å². The first-order valence-electron chi connectivity index (χ1n) is 8.03. The lowest BCUT2D eigenvalue weighted by molar-refractivity contribution is -0.117. The summed E-state index contributed by atoms with van der Waals surface area (Å²) in [6.45, 7) is 4.42. The number of amides is 3. The summed E-state index contributed by atoms with van der Waals surface area (Å²) < 4.78 is 0. The first-order chi connectivity index (χ1) is 11.5. The molecule has 0 spiro atoms. The summed E-state index contributed by atoms with van der Waals surface area (Å²) >= 11 is 0. The van der Waals surface area contributed by atoms with Crippen molar-refractivity contribution < 1.29 is 9.59 Å². The molecule has 1 heterocycles. The number of carbonyl (C=O) groups is 2. The Labute approximate surface area is 141 Å². The molecule has 0 unspecified atom stereocenters. The maximum Gasteiger partial charge on any atom is 0.319 e. The molecule has 0 saturated carbocycles. The molecule has 0 radical (unpaired) electrons. The minimum Gasteiger partial charge on any atom is -0.333 e. The molecule has 1 atom stereocenters. The minimum atomic E-state index is -0.281. The van der Waals surface area contributed by atoms with Gasteiger partial charge in [0.05, 0.1) is 6.04 Å². The van der Waals surface area contributed by atoms with Crippen molar-refractivity contribution >= 4 is 23.3 Å². The van der Waals surface area contributed by atoms with Gasteiger partial charge in [0.25, 0.3) is 0 Å². The average Bonchev–Trinajstić information content (AvgIpc) is 2.92. The van der Waals surface area contributed by atoms with E-state index >= 15 is 0 Å². The first-order valence-corrected chi connectivity index (χ1v) is 8.03. The van der Waals surface area contributed by atoms with Gasteiger partial charge in [0.1, 0.15) is 0 Å². The summed E-state index contributed by atoms with van der Waals surface area (Å²) in [5.41, 5.74) is 3.74. The molecule has 124 valence electrons. The van der Waals surface area contributed by atoms with Gasteiger partial charge in [-0.2, -0.15) is 0 Å². The Balaban J connectivity index is 1.61. The summed E-state index contributed by atoms with van der Waals surface area (Å²) in [5.74, 6) is 0.0261. The van der Waals surface area contributed by atoms with E-state index in [1.54, 1.807) is 4.90 Å². The van der Waals surface area contributed by atoms with Crippen molar-refractivity contribution in [2.24, 2.45) is 0 Å². The Bertz CT molecular complexity index is 758. The van der Waals surface area contributed by atoms with Gasteiger partial charge < -0.3 is 15.5 Å². The smallest absolute Gasteiger partial charge is 0.319 e. The van der Waals surface area contributed by atoms with Gasteiger partial charge >= 0.3 is 6.03 Å². The number of nitrogens with zero attached hydrogens (tertiary/aromatic N) is 1. The van der Waals surface area contributed by atoms with E-state index in [0.29, 0.717) is 13.0 Å². The number of nitrogens with one attached hydrogen (secondary N) is 2. The number of carbonyl (C=O) groups excluding carboxylic acids is 2. The van der Waals surface area contributed by atoms with Crippen LogP contribution in [0.15, 0.2) is 48.5 Å². The van der Waals surface area contributed by atoms with Crippen LogP contribution < -0.4 is 15.5 Å². The van der Waals surface area contributed by atoms with Gasteiger partial charge in [-0.1, -0.05) is 30.3 Å². The summed E-state index contributed by atoms with van der Waals surface area (Å²) in [6, 6.07) is 15.0. The van der Waals surface area contributed by atoms with Crippen LogP contribution >= 0.6 is 0 Å². The third kappa shape index (κ3) is 3.56. The summed E-state index contributed by atoms with van der Waals surface area (Å²) in [4.78, 5) is 26.1. The molecule has 0 aliphatic carbocycles. The van der Waals surface area contributed by atoms with Crippen molar-refractivity contribution in [3.05, 3.63) is 59.7 Å². The van der Waals surface area contributed by atoms with E-state index in [9.17, 15) is 9.59 Å². The van der Waals surface area contributed by atoms with Gasteiger partial charge in [-0.15, -0.1) is 0 Å². The molecular weight excluding hydrogens is 302 g/mol. The fourth-order valence-corrected chi connectivity index (χ4v) is 2.88. The molecule has 1 aliphatic heterocycles.